The maximum Gasteiger partial charge on any atom is 0.254 e. The number of carbonyl (C=O) groups excluding carboxylic acids is 1. The van der Waals surface area contributed by atoms with Crippen molar-refractivity contribution >= 4 is 5.91 Å². The van der Waals surface area contributed by atoms with Gasteiger partial charge in [-0.05, 0) is 36.3 Å². The van der Waals surface area contributed by atoms with E-state index >= 15 is 0 Å². The summed E-state index contributed by atoms with van der Waals surface area (Å²) >= 11 is 0. The van der Waals surface area contributed by atoms with Crippen LogP contribution < -0.4 is 5.73 Å². The number of hydrogen-bond acceptors (Lipinski definition) is 3. The third-order valence-electron chi connectivity index (χ3n) is 5.13. The van der Waals surface area contributed by atoms with Crippen LogP contribution in [0.3, 0.4) is 0 Å². The summed E-state index contributed by atoms with van der Waals surface area (Å²) in [7, 11) is 0. The number of benzene rings is 2. The highest BCUT2D eigenvalue weighted by Gasteiger charge is 2.35. The minimum absolute atomic E-state index is 0.0170. The van der Waals surface area contributed by atoms with Crippen molar-refractivity contribution in [3.05, 3.63) is 71.8 Å². The molecule has 0 radical (unpaired) electrons. The van der Waals surface area contributed by atoms with E-state index in [9.17, 15) is 4.79 Å². The van der Waals surface area contributed by atoms with E-state index in [0.29, 0.717) is 12.3 Å². The Kier molecular flexibility index (Phi) is 6.64. The normalized spacial score (nSPS) is 16.0. The summed E-state index contributed by atoms with van der Waals surface area (Å²) in [4.78, 5) is 13.5. The van der Waals surface area contributed by atoms with Gasteiger partial charge in [0.15, 0.2) is 0 Å². The van der Waals surface area contributed by atoms with Gasteiger partial charge in [0.25, 0.3) is 5.91 Å². The van der Waals surface area contributed by atoms with Crippen molar-refractivity contribution in [2.75, 3.05) is 13.1 Å². The molecule has 1 amide bonds. The van der Waals surface area contributed by atoms with Crippen LogP contribution in [0.2, 0.25) is 0 Å². The van der Waals surface area contributed by atoms with Gasteiger partial charge in [-0.1, -0.05) is 74.5 Å². The monoisotopic (exact) mass is 365 g/mol. The van der Waals surface area contributed by atoms with Crippen LogP contribution in [-0.2, 0) is 4.79 Å². The molecule has 4 nitrogen and oxygen atoms in total. The fraction of sp³-hybridized carbons (Fsp3) is 0.435. The Morgan fingerprint density at radius 3 is 1.89 bits per heavy atom. The van der Waals surface area contributed by atoms with Crippen molar-refractivity contribution < 1.29 is 4.79 Å². The zero-order valence-electron chi connectivity index (χ0n) is 16.4. The van der Waals surface area contributed by atoms with Gasteiger partial charge in [0, 0.05) is 13.1 Å². The fourth-order valence-corrected chi connectivity index (χ4v) is 3.87. The van der Waals surface area contributed by atoms with E-state index in [0.717, 1.165) is 37.1 Å². The number of carbonyl (C=O) groups is 1. The fourth-order valence-electron chi connectivity index (χ4n) is 3.87. The Hall–Kier alpha value is -2.17. The van der Waals surface area contributed by atoms with E-state index < -0.39 is 6.04 Å². The second-order valence-corrected chi connectivity index (χ2v) is 7.80. The van der Waals surface area contributed by atoms with Crippen molar-refractivity contribution in [1.29, 1.82) is 0 Å². The van der Waals surface area contributed by atoms with E-state index in [1.165, 1.54) is 0 Å². The van der Waals surface area contributed by atoms with E-state index in [4.69, 9.17) is 5.73 Å². The van der Waals surface area contributed by atoms with Crippen LogP contribution in [0.15, 0.2) is 60.7 Å². The highest BCUT2D eigenvalue weighted by atomic mass is 16.2. The lowest BCUT2D eigenvalue weighted by molar-refractivity contribution is -0.153. The Labute approximate surface area is 162 Å². The lowest BCUT2D eigenvalue weighted by Crippen LogP contribution is -2.53. The number of hydrogen-bond donors (Lipinski definition) is 1. The molecule has 1 saturated heterocycles. The number of hydrazine groups is 1. The molecule has 2 aromatic carbocycles. The highest BCUT2D eigenvalue weighted by Crippen LogP contribution is 2.32. The molecule has 2 aromatic rings. The Bertz CT molecular complexity index is 671. The van der Waals surface area contributed by atoms with Gasteiger partial charge < -0.3 is 5.73 Å². The largest absolute Gasteiger partial charge is 0.320 e. The molecule has 3 rings (SSSR count). The molecule has 1 heterocycles. The van der Waals surface area contributed by atoms with Crippen LogP contribution in [0.5, 0.6) is 0 Å². The molecule has 0 aromatic heterocycles. The molecule has 2 N–H and O–H groups in total. The molecule has 1 fully saturated rings. The van der Waals surface area contributed by atoms with Gasteiger partial charge in [0.05, 0.1) is 12.1 Å². The molecule has 4 heteroatoms. The summed E-state index contributed by atoms with van der Waals surface area (Å²) in [5, 5.41) is 4.15. The van der Waals surface area contributed by atoms with Crippen LogP contribution in [0, 0.1) is 5.92 Å². The highest BCUT2D eigenvalue weighted by molar-refractivity contribution is 5.82. The minimum atomic E-state index is -0.486. The summed E-state index contributed by atoms with van der Waals surface area (Å²) in [6, 6.07) is 19.9. The predicted molar refractivity (Wildman–Crippen MR) is 110 cm³/mol. The molecule has 1 aliphatic rings. The molecular weight excluding hydrogens is 334 g/mol. The Morgan fingerprint density at radius 2 is 1.44 bits per heavy atom. The predicted octanol–water partition coefficient (Wildman–Crippen LogP) is 3.99. The second-order valence-electron chi connectivity index (χ2n) is 7.80. The summed E-state index contributed by atoms with van der Waals surface area (Å²) in [5.41, 5.74) is 8.59. The first kappa shape index (κ1) is 19.6. The summed E-state index contributed by atoms with van der Waals surface area (Å²) in [6.45, 7) is 6.02. The smallest absolute Gasteiger partial charge is 0.254 e. The Morgan fingerprint density at radius 1 is 0.963 bits per heavy atom. The van der Waals surface area contributed by atoms with Crippen molar-refractivity contribution in [2.45, 2.75) is 45.2 Å². The lowest BCUT2D eigenvalue weighted by atomic mass is 9.96. The maximum atomic E-state index is 13.5. The molecule has 1 aliphatic heterocycles. The minimum Gasteiger partial charge on any atom is -0.320 e. The van der Waals surface area contributed by atoms with Gasteiger partial charge in [-0.25, -0.2) is 5.01 Å². The second kappa shape index (κ2) is 9.16. The van der Waals surface area contributed by atoms with E-state index in [1.54, 1.807) is 0 Å². The number of nitrogens with zero attached hydrogens (tertiary/aromatic N) is 2. The molecule has 27 heavy (non-hydrogen) atoms. The molecule has 144 valence electrons. The molecule has 0 spiro atoms. The molecule has 1 atom stereocenters. The van der Waals surface area contributed by atoms with Crippen molar-refractivity contribution in [3.8, 4) is 0 Å². The summed E-state index contributed by atoms with van der Waals surface area (Å²) in [5.74, 6) is 0.402. The molecule has 0 saturated carbocycles. The number of rotatable bonds is 7. The quantitative estimate of drug-likeness (QED) is 0.807. The number of nitrogens with two attached hydrogens (primary N) is 1. The van der Waals surface area contributed by atoms with E-state index in [2.05, 4.69) is 43.1 Å². The molecule has 0 unspecified atom stereocenters. The van der Waals surface area contributed by atoms with Crippen molar-refractivity contribution in [2.24, 2.45) is 11.7 Å². The molecule has 0 aliphatic carbocycles. The van der Waals surface area contributed by atoms with Crippen LogP contribution in [-0.4, -0.2) is 35.1 Å². The lowest BCUT2D eigenvalue weighted by Gasteiger charge is -2.40. The average Bonchev–Trinajstić information content (AvgIpc) is 3.20. The molecular formula is C23H31N3O. The SMILES string of the molecule is CC(C)C[C@H](N)C(=O)N(C(c1ccccc1)c1ccccc1)N1CCCC1. The van der Waals surface area contributed by atoms with Crippen molar-refractivity contribution in [1.82, 2.24) is 10.0 Å². The van der Waals surface area contributed by atoms with Gasteiger partial charge >= 0.3 is 0 Å². The zero-order valence-corrected chi connectivity index (χ0v) is 16.4. The average molecular weight is 366 g/mol. The van der Waals surface area contributed by atoms with Gasteiger partial charge in [-0.3, -0.25) is 9.80 Å². The van der Waals surface area contributed by atoms with Gasteiger partial charge in [0.1, 0.15) is 0 Å². The molecule has 0 bridgehead atoms. The van der Waals surface area contributed by atoms with Crippen LogP contribution >= 0.6 is 0 Å². The first-order chi connectivity index (χ1) is 13.1. The van der Waals surface area contributed by atoms with Gasteiger partial charge in [-0.15, -0.1) is 0 Å². The van der Waals surface area contributed by atoms with Crippen LogP contribution in [0.1, 0.15) is 50.3 Å². The van der Waals surface area contributed by atoms with E-state index in [1.807, 2.05) is 41.4 Å². The first-order valence-corrected chi connectivity index (χ1v) is 10.0. The van der Waals surface area contributed by atoms with Gasteiger partial charge in [0.2, 0.25) is 0 Å². The van der Waals surface area contributed by atoms with Gasteiger partial charge in [-0.2, -0.15) is 0 Å². The van der Waals surface area contributed by atoms with Crippen LogP contribution in [0.4, 0.5) is 0 Å². The Balaban J connectivity index is 2.03. The number of amides is 1. The first-order valence-electron chi connectivity index (χ1n) is 10.0. The zero-order chi connectivity index (χ0) is 19.2. The summed E-state index contributed by atoms with van der Waals surface area (Å²) < 4.78 is 0. The van der Waals surface area contributed by atoms with Crippen molar-refractivity contribution in [3.63, 3.8) is 0 Å². The third kappa shape index (κ3) is 4.76. The topological polar surface area (TPSA) is 49.6 Å². The summed E-state index contributed by atoms with van der Waals surface area (Å²) in [6.07, 6.45) is 2.92. The van der Waals surface area contributed by atoms with Crippen LogP contribution in [0.25, 0.3) is 0 Å². The van der Waals surface area contributed by atoms with E-state index in [-0.39, 0.29) is 11.9 Å². The maximum absolute atomic E-state index is 13.5. The standard InChI is InChI=1S/C23H31N3O/c1-18(2)17-21(24)23(27)26(25-15-9-10-16-25)22(19-11-5-3-6-12-19)20-13-7-4-8-14-20/h3-8,11-14,18,21-22H,9-10,15-17,24H2,1-2H3/t21-/m0/s1. The third-order valence-corrected chi connectivity index (χ3v) is 5.13.